The Morgan fingerprint density at radius 3 is 2.47 bits per heavy atom. The maximum absolute atomic E-state index is 11.4. The molecule has 1 aromatic rings. The maximum atomic E-state index is 11.4. The maximum Gasteiger partial charge on any atom is 0.340 e. The van der Waals surface area contributed by atoms with Gasteiger partial charge in [-0.2, -0.15) is 0 Å². The lowest BCUT2D eigenvalue weighted by molar-refractivity contribution is 0.0602. The topological polar surface area (TPSA) is 52.3 Å². The molecule has 0 spiro atoms. The van der Waals surface area contributed by atoms with Crippen molar-refractivity contribution in [2.24, 2.45) is 0 Å². The van der Waals surface area contributed by atoms with E-state index in [1.54, 1.807) is 0 Å². The Morgan fingerprint density at radius 1 is 1.21 bits per heavy atom. The SMILES string of the molecule is CCCCCCCCCc1cc(C(=O)OC)c(N)s1. The van der Waals surface area contributed by atoms with Gasteiger partial charge in [0.1, 0.15) is 5.00 Å². The number of esters is 1. The number of anilines is 1. The predicted octanol–water partition coefficient (Wildman–Crippen LogP) is 4.41. The van der Waals surface area contributed by atoms with E-state index in [9.17, 15) is 4.79 Å². The zero-order chi connectivity index (χ0) is 14.1. The van der Waals surface area contributed by atoms with E-state index < -0.39 is 0 Å². The highest BCUT2D eigenvalue weighted by atomic mass is 32.1. The number of nitrogen functional groups attached to an aromatic ring is 1. The van der Waals surface area contributed by atoms with Crippen LogP contribution in [0.15, 0.2) is 6.07 Å². The molecule has 2 N–H and O–H groups in total. The van der Waals surface area contributed by atoms with Gasteiger partial charge in [-0.25, -0.2) is 4.79 Å². The average molecular weight is 283 g/mol. The normalized spacial score (nSPS) is 10.6. The number of hydrogen-bond acceptors (Lipinski definition) is 4. The van der Waals surface area contributed by atoms with Crippen molar-refractivity contribution >= 4 is 22.3 Å². The molecule has 19 heavy (non-hydrogen) atoms. The molecule has 0 bridgehead atoms. The first-order chi connectivity index (χ1) is 9.19. The Kier molecular flexibility index (Phi) is 7.56. The highest BCUT2D eigenvalue weighted by Crippen LogP contribution is 2.27. The van der Waals surface area contributed by atoms with Crippen molar-refractivity contribution in [3.63, 3.8) is 0 Å². The van der Waals surface area contributed by atoms with Gasteiger partial charge < -0.3 is 10.5 Å². The lowest BCUT2D eigenvalue weighted by atomic mass is 10.1. The van der Waals surface area contributed by atoms with Crippen molar-refractivity contribution in [2.45, 2.75) is 58.3 Å². The molecule has 0 unspecified atom stereocenters. The van der Waals surface area contributed by atoms with Crippen molar-refractivity contribution < 1.29 is 9.53 Å². The Hall–Kier alpha value is -1.03. The minimum Gasteiger partial charge on any atom is -0.465 e. The van der Waals surface area contributed by atoms with Crippen LogP contribution in [0.25, 0.3) is 0 Å². The molecule has 0 atom stereocenters. The Labute approximate surface area is 120 Å². The second kappa shape index (κ2) is 8.97. The van der Waals surface area contributed by atoms with Crippen molar-refractivity contribution in [3.8, 4) is 0 Å². The molecule has 0 radical (unpaired) electrons. The van der Waals surface area contributed by atoms with E-state index in [0.29, 0.717) is 10.6 Å². The summed E-state index contributed by atoms with van der Waals surface area (Å²) < 4.78 is 4.70. The van der Waals surface area contributed by atoms with E-state index >= 15 is 0 Å². The molecule has 0 aliphatic heterocycles. The van der Waals surface area contributed by atoms with Gasteiger partial charge in [0.15, 0.2) is 0 Å². The summed E-state index contributed by atoms with van der Waals surface area (Å²) in [5, 5.41) is 0.574. The van der Waals surface area contributed by atoms with E-state index in [0.717, 1.165) is 6.42 Å². The average Bonchev–Trinajstić information content (AvgIpc) is 2.78. The molecular formula is C15H25NO2S. The third-order valence-corrected chi connectivity index (χ3v) is 4.27. The number of nitrogens with two attached hydrogens (primary N) is 1. The standard InChI is InChI=1S/C15H25NO2S/c1-3-4-5-6-7-8-9-10-12-11-13(14(16)19-12)15(17)18-2/h11H,3-10,16H2,1-2H3. The summed E-state index contributed by atoms with van der Waals surface area (Å²) in [4.78, 5) is 12.6. The lowest BCUT2D eigenvalue weighted by Crippen LogP contribution is -2.01. The fourth-order valence-electron chi connectivity index (χ4n) is 2.11. The predicted molar refractivity (Wildman–Crippen MR) is 81.8 cm³/mol. The largest absolute Gasteiger partial charge is 0.465 e. The molecule has 0 saturated carbocycles. The summed E-state index contributed by atoms with van der Waals surface area (Å²) in [6.45, 7) is 2.24. The number of thiophene rings is 1. The number of hydrogen-bond donors (Lipinski definition) is 1. The van der Waals surface area contributed by atoms with Crippen LogP contribution < -0.4 is 5.73 Å². The number of ether oxygens (including phenoxy) is 1. The van der Waals surface area contributed by atoms with E-state index in [2.05, 4.69) is 6.92 Å². The molecule has 0 amide bonds. The molecule has 3 nitrogen and oxygen atoms in total. The van der Waals surface area contributed by atoms with E-state index in [4.69, 9.17) is 10.5 Å². The molecule has 1 aromatic heterocycles. The fourth-order valence-corrected chi connectivity index (χ4v) is 3.06. The summed E-state index contributed by atoms with van der Waals surface area (Å²) >= 11 is 1.51. The lowest BCUT2D eigenvalue weighted by Gasteiger charge is -2.00. The first kappa shape index (κ1) is 16.0. The first-order valence-electron chi connectivity index (χ1n) is 7.15. The van der Waals surface area contributed by atoms with Crippen LogP contribution in [-0.4, -0.2) is 13.1 Å². The quantitative estimate of drug-likeness (QED) is 0.539. The number of methoxy groups -OCH3 is 1. The van der Waals surface area contributed by atoms with Crippen LogP contribution in [0.4, 0.5) is 5.00 Å². The smallest absolute Gasteiger partial charge is 0.340 e. The zero-order valence-corrected chi connectivity index (χ0v) is 12.9. The van der Waals surface area contributed by atoms with Gasteiger partial charge in [-0.1, -0.05) is 45.4 Å². The molecule has 0 saturated heterocycles. The van der Waals surface area contributed by atoms with E-state index in [1.165, 1.54) is 68.3 Å². The Morgan fingerprint density at radius 2 is 1.84 bits per heavy atom. The number of carbonyl (C=O) groups excluding carboxylic acids is 1. The van der Waals surface area contributed by atoms with Crippen LogP contribution in [0, 0.1) is 0 Å². The monoisotopic (exact) mass is 283 g/mol. The van der Waals surface area contributed by atoms with Gasteiger partial charge in [0.2, 0.25) is 0 Å². The third kappa shape index (κ3) is 5.64. The van der Waals surface area contributed by atoms with Crippen molar-refractivity contribution in [3.05, 3.63) is 16.5 Å². The number of rotatable bonds is 9. The minimum atomic E-state index is -0.334. The van der Waals surface area contributed by atoms with Crippen LogP contribution in [0.5, 0.6) is 0 Å². The van der Waals surface area contributed by atoms with Crippen LogP contribution in [0.2, 0.25) is 0 Å². The van der Waals surface area contributed by atoms with Crippen LogP contribution in [-0.2, 0) is 11.2 Å². The number of unbranched alkanes of at least 4 members (excludes halogenated alkanes) is 6. The summed E-state index contributed by atoms with van der Waals surface area (Å²) in [6, 6.07) is 1.88. The Balaban J connectivity index is 2.25. The van der Waals surface area contributed by atoms with Crippen LogP contribution in [0.1, 0.15) is 67.1 Å². The van der Waals surface area contributed by atoms with E-state index in [1.807, 2.05) is 6.07 Å². The molecule has 0 aliphatic carbocycles. The number of carbonyl (C=O) groups is 1. The van der Waals surface area contributed by atoms with Gasteiger partial charge in [0, 0.05) is 4.88 Å². The van der Waals surface area contributed by atoms with Crippen LogP contribution in [0.3, 0.4) is 0 Å². The Bertz CT molecular complexity index is 387. The van der Waals surface area contributed by atoms with Crippen molar-refractivity contribution in [2.75, 3.05) is 12.8 Å². The molecule has 108 valence electrons. The van der Waals surface area contributed by atoms with Gasteiger partial charge in [-0.15, -0.1) is 11.3 Å². The van der Waals surface area contributed by atoms with Gasteiger partial charge in [0.25, 0.3) is 0 Å². The highest BCUT2D eigenvalue weighted by molar-refractivity contribution is 7.16. The van der Waals surface area contributed by atoms with Crippen molar-refractivity contribution in [1.82, 2.24) is 0 Å². The highest BCUT2D eigenvalue weighted by Gasteiger charge is 2.13. The molecule has 0 aliphatic rings. The second-order valence-electron chi connectivity index (χ2n) is 4.85. The number of aryl methyl sites for hydroxylation is 1. The molecule has 1 heterocycles. The van der Waals surface area contributed by atoms with Crippen LogP contribution >= 0.6 is 11.3 Å². The summed E-state index contributed by atoms with van der Waals surface area (Å²) in [5.74, 6) is -0.334. The molecule has 0 aromatic carbocycles. The first-order valence-corrected chi connectivity index (χ1v) is 7.97. The van der Waals surface area contributed by atoms with E-state index in [-0.39, 0.29) is 5.97 Å². The summed E-state index contributed by atoms with van der Waals surface area (Å²) in [7, 11) is 1.38. The minimum absolute atomic E-state index is 0.334. The molecule has 0 fully saturated rings. The molecule has 4 heteroatoms. The zero-order valence-electron chi connectivity index (χ0n) is 12.0. The van der Waals surface area contributed by atoms with Gasteiger partial charge in [0.05, 0.1) is 12.7 Å². The van der Waals surface area contributed by atoms with Gasteiger partial charge in [-0.05, 0) is 18.9 Å². The summed E-state index contributed by atoms with van der Waals surface area (Å²) in [5.41, 5.74) is 6.34. The molecular weight excluding hydrogens is 258 g/mol. The molecule has 1 rings (SSSR count). The fraction of sp³-hybridized carbons (Fsp3) is 0.667. The third-order valence-electron chi connectivity index (χ3n) is 3.24. The second-order valence-corrected chi connectivity index (χ2v) is 6.02. The van der Waals surface area contributed by atoms with Crippen molar-refractivity contribution in [1.29, 1.82) is 0 Å². The summed E-state index contributed by atoms with van der Waals surface area (Å²) in [6.07, 6.45) is 10.1. The van der Waals surface area contributed by atoms with Gasteiger partial charge >= 0.3 is 5.97 Å². The van der Waals surface area contributed by atoms with Gasteiger partial charge in [-0.3, -0.25) is 0 Å².